The molecule has 0 aliphatic carbocycles. The van der Waals surface area contributed by atoms with E-state index in [1.807, 2.05) is 27.7 Å². The highest BCUT2D eigenvalue weighted by molar-refractivity contribution is 5.71. The molecular weight excluding hydrogens is 218 g/mol. The van der Waals surface area contributed by atoms with Crippen LogP contribution in [-0.2, 0) is 0 Å². The first-order valence-electron chi connectivity index (χ1n) is 5.53. The van der Waals surface area contributed by atoms with Crippen molar-refractivity contribution < 1.29 is 4.79 Å². The molecule has 1 heterocycles. The Labute approximate surface area is 101 Å². The Morgan fingerprint density at radius 2 is 1.76 bits per heavy atom. The van der Waals surface area contributed by atoms with Gasteiger partial charge in [0.2, 0.25) is 0 Å². The smallest absolute Gasteiger partial charge is 0.348 e. The van der Waals surface area contributed by atoms with Crippen molar-refractivity contribution in [3.05, 3.63) is 0 Å². The van der Waals surface area contributed by atoms with Crippen molar-refractivity contribution in [3.63, 3.8) is 0 Å². The number of urea groups is 1. The molecule has 6 nitrogen and oxygen atoms in total. The average molecular weight is 237 g/mol. The predicted molar refractivity (Wildman–Crippen MR) is 63.3 cm³/mol. The van der Waals surface area contributed by atoms with Crippen molar-refractivity contribution in [1.82, 2.24) is 5.32 Å². The van der Waals surface area contributed by atoms with E-state index in [-0.39, 0.29) is 11.1 Å². The lowest BCUT2D eigenvalue weighted by molar-refractivity contribution is 0.131. The van der Waals surface area contributed by atoms with Crippen LogP contribution in [0.15, 0.2) is 10.2 Å². The van der Waals surface area contributed by atoms with E-state index >= 15 is 0 Å². The first-order valence-corrected chi connectivity index (χ1v) is 5.53. The van der Waals surface area contributed by atoms with E-state index in [1.165, 1.54) is 0 Å². The van der Waals surface area contributed by atoms with Gasteiger partial charge in [-0.05, 0) is 27.7 Å². The molecule has 0 spiro atoms. The van der Waals surface area contributed by atoms with Crippen molar-refractivity contribution in [2.75, 3.05) is 0 Å². The molecule has 0 aromatic rings. The highest BCUT2D eigenvalue weighted by Crippen LogP contribution is 2.38. The monoisotopic (exact) mass is 237 g/mol. The fraction of sp³-hybridized carbons (Fsp3) is 0.818. The van der Waals surface area contributed by atoms with E-state index in [4.69, 9.17) is 5.73 Å². The summed E-state index contributed by atoms with van der Waals surface area (Å²) in [5.41, 5.74) is 3.47. The summed E-state index contributed by atoms with van der Waals surface area (Å²) in [6.07, 6.45) is 0.993. The molecule has 17 heavy (non-hydrogen) atoms. The maximum absolute atomic E-state index is 10.7. The summed E-state index contributed by atoms with van der Waals surface area (Å²) in [6.45, 7) is 8.00. The second-order valence-electron chi connectivity index (χ2n) is 5.93. The van der Waals surface area contributed by atoms with Gasteiger partial charge >= 0.3 is 6.03 Å². The molecule has 3 N–H and O–H groups in total. The SMILES string of the molecule is CC1(C)CC(C#N)(N=NC(N)=O)CC(C)(C)N1. The molecule has 1 aliphatic heterocycles. The Morgan fingerprint density at radius 3 is 2.12 bits per heavy atom. The van der Waals surface area contributed by atoms with Gasteiger partial charge < -0.3 is 11.1 Å². The largest absolute Gasteiger partial charge is 0.356 e. The fourth-order valence-corrected chi connectivity index (χ4v) is 2.85. The molecule has 1 fully saturated rings. The number of nitrogens with one attached hydrogen (secondary N) is 1. The number of nitrogens with two attached hydrogens (primary N) is 1. The Bertz CT molecular complexity index is 375. The summed E-state index contributed by atoms with van der Waals surface area (Å²) < 4.78 is 0. The van der Waals surface area contributed by atoms with Crippen molar-refractivity contribution in [2.24, 2.45) is 16.0 Å². The second-order valence-corrected chi connectivity index (χ2v) is 5.93. The molecule has 1 rings (SSSR count). The minimum absolute atomic E-state index is 0.242. The highest BCUT2D eigenvalue weighted by atomic mass is 16.2. The molecule has 0 radical (unpaired) electrons. The van der Waals surface area contributed by atoms with Crippen molar-refractivity contribution in [2.45, 2.75) is 57.2 Å². The van der Waals surface area contributed by atoms with Gasteiger partial charge in [-0.1, -0.05) is 5.11 Å². The molecule has 0 unspecified atom stereocenters. The number of primary amides is 1. The number of azo groups is 1. The Kier molecular flexibility index (Phi) is 3.26. The van der Waals surface area contributed by atoms with Gasteiger partial charge in [0.05, 0.1) is 6.07 Å². The van der Waals surface area contributed by atoms with E-state index < -0.39 is 11.6 Å². The van der Waals surface area contributed by atoms with Gasteiger partial charge in [0.1, 0.15) is 0 Å². The van der Waals surface area contributed by atoms with Gasteiger partial charge in [-0.15, -0.1) is 0 Å². The van der Waals surface area contributed by atoms with E-state index in [2.05, 4.69) is 21.6 Å². The lowest BCUT2D eigenvalue weighted by atomic mass is 9.72. The van der Waals surface area contributed by atoms with Gasteiger partial charge in [0, 0.05) is 23.9 Å². The Hall–Kier alpha value is -1.48. The Balaban J connectivity index is 3.08. The van der Waals surface area contributed by atoms with Crippen LogP contribution < -0.4 is 11.1 Å². The first-order chi connectivity index (χ1) is 7.60. The average Bonchev–Trinajstić information content (AvgIpc) is 2.10. The molecule has 2 amide bonds. The van der Waals surface area contributed by atoms with Gasteiger partial charge in [0.25, 0.3) is 0 Å². The summed E-state index contributed by atoms with van der Waals surface area (Å²) in [7, 11) is 0. The maximum Gasteiger partial charge on any atom is 0.356 e. The van der Waals surface area contributed by atoms with Crippen LogP contribution in [0.25, 0.3) is 0 Å². The van der Waals surface area contributed by atoms with Crippen LogP contribution in [0.5, 0.6) is 0 Å². The van der Waals surface area contributed by atoms with E-state index in [1.54, 1.807) is 0 Å². The molecule has 0 atom stereocenters. The van der Waals surface area contributed by atoms with Crippen LogP contribution in [-0.4, -0.2) is 22.6 Å². The summed E-state index contributed by atoms with van der Waals surface area (Å²) in [6, 6.07) is 1.31. The molecule has 0 saturated carbocycles. The number of piperidine rings is 1. The van der Waals surface area contributed by atoms with Crippen LogP contribution in [0, 0.1) is 11.3 Å². The van der Waals surface area contributed by atoms with Crippen molar-refractivity contribution in [1.29, 1.82) is 5.26 Å². The van der Waals surface area contributed by atoms with Gasteiger partial charge in [-0.2, -0.15) is 10.4 Å². The van der Waals surface area contributed by atoms with E-state index in [0.29, 0.717) is 12.8 Å². The predicted octanol–water partition coefficient (Wildman–Crippen LogP) is 1.72. The number of carbonyl (C=O) groups excluding carboxylic acids is 1. The third-order valence-corrected chi connectivity index (χ3v) is 2.69. The van der Waals surface area contributed by atoms with Crippen LogP contribution in [0.3, 0.4) is 0 Å². The molecule has 0 aromatic heterocycles. The topological polar surface area (TPSA) is 104 Å². The van der Waals surface area contributed by atoms with Crippen LogP contribution in [0.4, 0.5) is 4.79 Å². The number of rotatable bonds is 1. The molecule has 6 heteroatoms. The van der Waals surface area contributed by atoms with Crippen LogP contribution in [0.2, 0.25) is 0 Å². The minimum atomic E-state index is -0.979. The molecule has 1 aliphatic rings. The molecular formula is C11H19N5O. The first kappa shape index (κ1) is 13.6. The lowest BCUT2D eigenvalue weighted by Crippen LogP contribution is -2.62. The van der Waals surface area contributed by atoms with Gasteiger partial charge in [-0.3, -0.25) is 0 Å². The molecule has 1 saturated heterocycles. The normalized spacial score (nSPS) is 25.4. The number of carbonyl (C=O) groups is 1. The van der Waals surface area contributed by atoms with Crippen LogP contribution in [0.1, 0.15) is 40.5 Å². The number of amides is 2. The van der Waals surface area contributed by atoms with Gasteiger partial charge in [-0.25, -0.2) is 4.79 Å². The summed E-state index contributed by atoms with van der Waals surface area (Å²) in [5.74, 6) is 0. The summed E-state index contributed by atoms with van der Waals surface area (Å²) in [5, 5.41) is 20.0. The van der Waals surface area contributed by atoms with Crippen LogP contribution >= 0.6 is 0 Å². The number of hydrogen-bond donors (Lipinski definition) is 2. The number of nitriles is 1. The maximum atomic E-state index is 10.7. The Morgan fingerprint density at radius 1 is 1.29 bits per heavy atom. The molecule has 0 bridgehead atoms. The van der Waals surface area contributed by atoms with Crippen molar-refractivity contribution in [3.8, 4) is 6.07 Å². The molecule has 0 aromatic carbocycles. The quantitative estimate of drug-likeness (QED) is 0.678. The third-order valence-electron chi connectivity index (χ3n) is 2.69. The zero-order chi connectivity index (χ0) is 13.3. The fourth-order valence-electron chi connectivity index (χ4n) is 2.85. The second kappa shape index (κ2) is 4.08. The molecule has 94 valence electrons. The van der Waals surface area contributed by atoms with Gasteiger partial charge in [0.15, 0.2) is 5.54 Å². The van der Waals surface area contributed by atoms with Crippen molar-refractivity contribution >= 4 is 6.03 Å². The van der Waals surface area contributed by atoms with E-state index in [9.17, 15) is 10.1 Å². The summed E-state index contributed by atoms with van der Waals surface area (Å²) >= 11 is 0. The summed E-state index contributed by atoms with van der Waals surface area (Å²) in [4.78, 5) is 10.7. The lowest BCUT2D eigenvalue weighted by Gasteiger charge is -2.47. The third kappa shape index (κ3) is 3.49. The highest BCUT2D eigenvalue weighted by Gasteiger charge is 2.48. The van der Waals surface area contributed by atoms with E-state index in [0.717, 1.165) is 0 Å². The number of hydrogen-bond acceptors (Lipinski definition) is 4. The zero-order valence-corrected chi connectivity index (χ0v) is 10.7. The zero-order valence-electron chi connectivity index (χ0n) is 10.7. The standard InChI is InChI=1S/C11H19N5O/c1-9(2)5-11(7-12,16-14-8(13)17)6-10(3,4)15-9/h15H,5-6H2,1-4H3,(H2,13,17). The minimum Gasteiger partial charge on any atom is -0.348 e. The number of nitrogens with zero attached hydrogens (tertiary/aromatic N) is 3.